The minimum Gasteiger partial charge on any atom is -0.465 e. The lowest BCUT2D eigenvalue weighted by Crippen LogP contribution is -1.99. The lowest BCUT2D eigenvalue weighted by Gasteiger charge is -2.04. The van der Waals surface area contributed by atoms with E-state index in [9.17, 15) is 0 Å². The molecule has 0 radical (unpaired) electrons. The third-order valence-electron chi connectivity index (χ3n) is 1.07. The average molecular weight is 218 g/mol. The van der Waals surface area contributed by atoms with Crippen molar-refractivity contribution < 1.29 is 9.47 Å². The first-order valence-corrected chi connectivity index (χ1v) is 3.85. The van der Waals surface area contributed by atoms with Crippen LogP contribution in [0.4, 0.5) is 0 Å². The standard InChI is InChI=1S/C7H8BrNO2/c1-10-5-11-7-4-9-3-2-6(7)8/h2-4H,5H2,1H3. The molecule has 0 unspecified atom stereocenters. The van der Waals surface area contributed by atoms with Crippen molar-refractivity contribution in [2.75, 3.05) is 13.9 Å². The van der Waals surface area contributed by atoms with Crippen LogP contribution in [0.15, 0.2) is 22.9 Å². The quantitative estimate of drug-likeness (QED) is 0.725. The lowest BCUT2D eigenvalue weighted by molar-refractivity contribution is 0.0503. The summed E-state index contributed by atoms with van der Waals surface area (Å²) in [6.07, 6.45) is 3.31. The Bertz CT molecular complexity index is 229. The molecule has 0 N–H and O–H groups in total. The molecule has 0 amide bonds. The fraction of sp³-hybridized carbons (Fsp3) is 0.286. The van der Waals surface area contributed by atoms with Gasteiger partial charge in [-0.2, -0.15) is 0 Å². The number of halogens is 1. The zero-order valence-corrected chi connectivity index (χ0v) is 7.67. The molecule has 3 nitrogen and oxygen atoms in total. The summed E-state index contributed by atoms with van der Waals surface area (Å²) in [4.78, 5) is 3.89. The zero-order chi connectivity index (χ0) is 8.10. The molecule has 4 heteroatoms. The maximum atomic E-state index is 5.15. The highest BCUT2D eigenvalue weighted by atomic mass is 79.9. The molecule has 1 rings (SSSR count). The molecular weight excluding hydrogens is 210 g/mol. The Morgan fingerprint density at radius 3 is 3.09 bits per heavy atom. The maximum absolute atomic E-state index is 5.15. The SMILES string of the molecule is COCOc1cnccc1Br. The third-order valence-corrected chi connectivity index (χ3v) is 1.72. The summed E-state index contributed by atoms with van der Waals surface area (Å²) < 4.78 is 10.8. The van der Waals surface area contributed by atoms with E-state index in [-0.39, 0.29) is 6.79 Å². The molecule has 1 aromatic rings. The zero-order valence-electron chi connectivity index (χ0n) is 6.08. The number of nitrogens with zero attached hydrogens (tertiary/aromatic N) is 1. The summed E-state index contributed by atoms with van der Waals surface area (Å²) in [5.41, 5.74) is 0. The monoisotopic (exact) mass is 217 g/mol. The van der Waals surface area contributed by atoms with Gasteiger partial charge in [-0.3, -0.25) is 4.98 Å². The molecule has 11 heavy (non-hydrogen) atoms. The van der Waals surface area contributed by atoms with Crippen LogP contribution in [0.5, 0.6) is 5.75 Å². The number of ether oxygens (including phenoxy) is 2. The second kappa shape index (κ2) is 4.31. The molecule has 0 aromatic carbocycles. The van der Waals surface area contributed by atoms with Crippen LogP contribution in [0.25, 0.3) is 0 Å². The predicted octanol–water partition coefficient (Wildman–Crippen LogP) is 1.83. The van der Waals surface area contributed by atoms with Gasteiger partial charge in [-0.05, 0) is 22.0 Å². The van der Waals surface area contributed by atoms with Crippen LogP contribution >= 0.6 is 15.9 Å². The number of pyridine rings is 1. The summed E-state index contributed by atoms with van der Waals surface area (Å²) in [5, 5.41) is 0. The van der Waals surface area contributed by atoms with Crippen LogP contribution in [0.1, 0.15) is 0 Å². The van der Waals surface area contributed by atoms with E-state index >= 15 is 0 Å². The van der Waals surface area contributed by atoms with Crippen LogP contribution in [-0.4, -0.2) is 18.9 Å². The number of hydrogen-bond donors (Lipinski definition) is 0. The van der Waals surface area contributed by atoms with E-state index in [4.69, 9.17) is 9.47 Å². The Balaban J connectivity index is 2.62. The third kappa shape index (κ3) is 2.48. The first-order chi connectivity index (χ1) is 5.34. The fourth-order valence-electron chi connectivity index (χ4n) is 0.592. The van der Waals surface area contributed by atoms with E-state index in [1.165, 1.54) is 0 Å². The second-order valence-corrected chi connectivity index (χ2v) is 2.71. The molecule has 0 saturated heterocycles. The highest BCUT2D eigenvalue weighted by Crippen LogP contribution is 2.22. The largest absolute Gasteiger partial charge is 0.465 e. The number of aromatic nitrogens is 1. The van der Waals surface area contributed by atoms with Crippen molar-refractivity contribution in [1.82, 2.24) is 4.98 Å². The van der Waals surface area contributed by atoms with E-state index in [1.54, 1.807) is 19.5 Å². The van der Waals surface area contributed by atoms with Crippen LogP contribution in [0.3, 0.4) is 0 Å². The first kappa shape index (κ1) is 8.49. The van der Waals surface area contributed by atoms with Crippen molar-refractivity contribution in [3.63, 3.8) is 0 Å². The molecule has 0 atom stereocenters. The van der Waals surface area contributed by atoms with Gasteiger partial charge < -0.3 is 9.47 Å². The first-order valence-electron chi connectivity index (χ1n) is 3.06. The van der Waals surface area contributed by atoms with E-state index in [2.05, 4.69) is 20.9 Å². The van der Waals surface area contributed by atoms with Crippen LogP contribution in [-0.2, 0) is 4.74 Å². The summed E-state index contributed by atoms with van der Waals surface area (Å²) in [6.45, 7) is 0.240. The van der Waals surface area contributed by atoms with Crippen molar-refractivity contribution in [1.29, 1.82) is 0 Å². The Morgan fingerprint density at radius 2 is 2.45 bits per heavy atom. The highest BCUT2D eigenvalue weighted by molar-refractivity contribution is 9.10. The summed E-state index contributed by atoms with van der Waals surface area (Å²) in [6, 6.07) is 1.81. The number of hydrogen-bond acceptors (Lipinski definition) is 3. The van der Waals surface area contributed by atoms with Gasteiger partial charge in [0.05, 0.1) is 10.7 Å². The molecular formula is C7H8BrNO2. The summed E-state index contributed by atoms with van der Waals surface area (Å²) >= 11 is 3.31. The Labute approximate surface area is 73.5 Å². The average Bonchev–Trinajstić information content (AvgIpc) is 2.03. The maximum Gasteiger partial charge on any atom is 0.188 e. The van der Waals surface area contributed by atoms with Gasteiger partial charge in [0.25, 0.3) is 0 Å². The Hall–Kier alpha value is -0.610. The second-order valence-electron chi connectivity index (χ2n) is 1.86. The number of methoxy groups -OCH3 is 1. The van der Waals surface area contributed by atoms with Crippen molar-refractivity contribution in [2.45, 2.75) is 0 Å². The van der Waals surface area contributed by atoms with E-state index in [0.29, 0.717) is 5.75 Å². The van der Waals surface area contributed by atoms with Gasteiger partial charge in [-0.15, -0.1) is 0 Å². The normalized spacial score (nSPS) is 9.64. The summed E-state index contributed by atoms with van der Waals surface area (Å²) in [7, 11) is 1.57. The Kier molecular flexibility index (Phi) is 3.32. The van der Waals surface area contributed by atoms with E-state index in [0.717, 1.165) is 4.47 Å². The molecule has 0 aliphatic rings. The van der Waals surface area contributed by atoms with E-state index < -0.39 is 0 Å². The van der Waals surface area contributed by atoms with Crippen molar-refractivity contribution >= 4 is 15.9 Å². The smallest absolute Gasteiger partial charge is 0.188 e. The molecule has 60 valence electrons. The minimum atomic E-state index is 0.240. The minimum absolute atomic E-state index is 0.240. The molecule has 0 spiro atoms. The van der Waals surface area contributed by atoms with Crippen LogP contribution < -0.4 is 4.74 Å². The Morgan fingerprint density at radius 1 is 1.64 bits per heavy atom. The van der Waals surface area contributed by atoms with Crippen LogP contribution in [0, 0.1) is 0 Å². The van der Waals surface area contributed by atoms with Crippen molar-refractivity contribution in [3.05, 3.63) is 22.9 Å². The molecule has 0 fully saturated rings. The molecule has 0 aliphatic carbocycles. The fourth-order valence-corrected chi connectivity index (χ4v) is 0.927. The molecule has 0 aliphatic heterocycles. The van der Waals surface area contributed by atoms with Gasteiger partial charge in [-0.1, -0.05) is 0 Å². The van der Waals surface area contributed by atoms with Crippen molar-refractivity contribution in [3.8, 4) is 5.75 Å². The van der Waals surface area contributed by atoms with Gasteiger partial charge in [-0.25, -0.2) is 0 Å². The summed E-state index contributed by atoms with van der Waals surface area (Å²) in [5.74, 6) is 0.689. The van der Waals surface area contributed by atoms with Gasteiger partial charge >= 0.3 is 0 Å². The lowest BCUT2D eigenvalue weighted by atomic mass is 10.5. The molecule has 1 aromatic heterocycles. The highest BCUT2D eigenvalue weighted by Gasteiger charge is 1.97. The molecule has 0 bridgehead atoms. The van der Waals surface area contributed by atoms with Gasteiger partial charge in [0.2, 0.25) is 0 Å². The van der Waals surface area contributed by atoms with Crippen molar-refractivity contribution in [2.24, 2.45) is 0 Å². The van der Waals surface area contributed by atoms with Gasteiger partial charge in [0.15, 0.2) is 12.5 Å². The van der Waals surface area contributed by atoms with Crippen LogP contribution in [0.2, 0.25) is 0 Å². The topological polar surface area (TPSA) is 31.4 Å². The van der Waals surface area contributed by atoms with Gasteiger partial charge in [0.1, 0.15) is 0 Å². The van der Waals surface area contributed by atoms with Gasteiger partial charge in [0, 0.05) is 13.3 Å². The molecule has 0 saturated carbocycles. The molecule has 1 heterocycles. The predicted molar refractivity (Wildman–Crippen MR) is 44.4 cm³/mol. The van der Waals surface area contributed by atoms with E-state index in [1.807, 2.05) is 6.07 Å². The number of rotatable bonds is 3.